The number of hydrogen-bond donors (Lipinski definition) is 3. The molecule has 1 saturated heterocycles. The minimum absolute atomic E-state index is 0.0797. The van der Waals surface area contributed by atoms with Crippen LogP contribution in [-0.2, 0) is 37.4 Å². The summed E-state index contributed by atoms with van der Waals surface area (Å²) in [5, 5.41) is 18.4. The fourth-order valence-electron chi connectivity index (χ4n) is 5.83. The first-order valence-corrected chi connectivity index (χ1v) is 24.2. The van der Waals surface area contributed by atoms with Crippen LogP contribution < -0.4 is 0 Å². The average molecular weight is 863 g/mol. The molecule has 342 valence electrons. The fraction of sp³-hybridized carbons (Fsp3) is 0.667. The Morgan fingerprint density at radius 1 is 0.600 bits per heavy atom. The molecule has 1 fully saturated rings. The second-order valence-corrected chi connectivity index (χ2v) is 16.6. The van der Waals surface area contributed by atoms with Gasteiger partial charge in [-0.25, -0.2) is 4.57 Å². The number of epoxide rings is 1. The van der Waals surface area contributed by atoms with E-state index in [1.54, 1.807) is 0 Å². The lowest BCUT2D eigenvalue weighted by Crippen LogP contribution is -2.30. The van der Waals surface area contributed by atoms with Crippen molar-refractivity contribution in [2.45, 2.75) is 180 Å². The summed E-state index contributed by atoms with van der Waals surface area (Å²) in [5.41, 5.74) is 0. The molecule has 0 aromatic carbocycles. The summed E-state index contributed by atoms with van der Waals surface area (Å²) in [6.45, 7) is 2.18. The van der Waals surface area contributed by atoms with Crippen LogP contribution in [0.2, 0.25) is 0 Å². The number of carbonyl (C=O) groups is 2. The largest absolute Gasteiger partial charge is 0.472 e. The van der Waals surface area contributed by atoms with Crippen LogP contribution in [0, 0.1) is 0 Å². The van der Waals surface area contributed by atoms with Gasteiger partial charge >= 0.3 is 19.8 Å². The fourth-order valence-corrected chi connectivity index (χ4v) is 6.62. The van der Waals surface area contributed by atoms with Crippen molar-refractivity contribution in [3.05, 3.63) is 85.1 Å². The van der Waals surface area contributed by atoms with Crippen LogP contribution in [0.5, 0.6) is 0 Å². The smallest absolute Gasteiger partial charge is 0.462 e. The highest BCUT2D eigenvalue weighted by Crippen LogP contribution is 2.43. The third-order valence-corrected chi connectivity index (χ3v) is 10.4. The number of esters is 2. The van der Waals surface area contributed by atoms with E-state index in [9.17, 15) is 24.2 Å². The highest BCUT2D eigenvalue weighted by Gasteiger charge is 2.37. The highest BCUT2D eigenvalue weighted by molar-refractivity contribution is 7.47. The van der Waals surface area contributed by atoms with Gasteiger partial charge in [0.05, 0.1) is 32.0 Å². The molecule has 60 heavy (non-hydrogen) atoms. The molecule has 11 nitrogen and oxygen atoms in total. The quantitative estimate of drug-likeness (QED) is 0.0177. The lowest BCUT2D eigenvalue weighted by atomic mass is 10.1. The molecule has 0 aliphatic carbocycles. The van der Waals surface area contributed by atoms with Gasteiger partial charge in [0.1, 0.15) is 12.7 Å². The summed E-state index contributed by atoms with van der Waals surface area (Å²) in [6, 6.07) is 0. The Morgan fingerprint density at radius 3 is 1.62 bits per heavy atom. The SMILES string of the molecule is CCCCC/C=C\C/C=C\C/C=C\C/C=C\CCCCCC(=O)OC[C@H](COP(=O)(O)OC[C@@H](O)CO)OC(=O)CCCC1OC1C/C=C\C/C=C\C/C=C\CCCCC. The van der Waals surface area contributed by atoms with Crippen molar-refractivity contribution in [1.82, 2.24) is 0 Å². The van der Waals surface area contributed by atoms with Crippen molar-refractivity contribution in [3.63, 3.8) is 0 Å². The molecule has 5 atom stereocenters. The molecular formula is C48H79O11P. The maximum atomic E-state index is 12.7. The Labute approximate surface area is 362 Å². The molecule has 3 N–H and O–H groups in total. The van der Waals surface area contributed by atoms with Gasteiger partial charge in [-0.3, -0.25) is 18.6 Å². The number of rotatable bonds is 40. The molecule has 0 amide bonds. The van der Waals surface area contributed by atoms with Gasteiger partial charge in [0.2, 0.25) is 0 Å². The van der Waals surface area contributed by atoms with Crippen molar-refractivity contribution >= 4 is 19.8 Å². The average Bonchev–Trinajstić information content (AvgIpc) is 3.99. The molecule has 1 heterocycles. The minimum atomic E-state index is -4.66. The monoisotopic (exact) mass is 863 g/mol. The van der Waals surface area contributed by atoms with Gasteiger partial charge in [-0.2, -0.15) is 0 Å². The number of aliphatic hydroxyl groups excluding tert-OH is 2. The number of phosphoric ester groups is 1. The molecule has 0 radical (unpaired) electrons. The third-order valence-electron chi connectivity index (χ3n) is 9.45. The van der Waals surface area contributed by atoms with E-state index in [1.165, 1.54) is 44.9 Å². The first-order chi connectivity index (χ1) is 29.2. The summed E-state index contributed by atoms with van der Waals surface area (Å²) in [7, 11) is -4.66. The highest BCUT2D eigenvalue weighted by atomic mass is 31.2. The van der Waals surface area contributed by atoms with Crippen LogP contribution in [0.15, 0.2) is 85.1 Å². The zero-order valence-corrected chi connectivity index (χ0v) is 37.7. The van der Waals surface area contributed by atoms with E-state index >= 15 is 0 Å². The number of carbonyl (C=O) groups excluding carboxylic acids is 2. The number of aliphatic hydroxyl groups is 2. The van der Waals surface area contributed by atoms with E-state index in [0.29, 0.717) is 19.3 Å². The maximum absolute atomic E-state index is 12.7. The van der Waals surface area contributed by atoms with Gasteiger partial charge in [0, 0.05) is 12.8 Å². The summed E-state index contributed by atoms with van der Waals surface area (Å²) < 4.78 is 38.5. The summed E-state index contributed by atoms with van der Waals surface area (Å²) in [4.78, 5) is 35.2. The van der Waals surface area contributed by atoms with Crippen LogP contribution in [0.3, 0.4) is 0 Å². The van der Waals surface area contributed by atoms with Crippen LogP contribution in [-0.4, -0.2) is 77.9 Å². The van der Waals surface area contributed by atoms with Gasteiger partial charge < -0.3 is 29.3 Å². The Hall–Kier alpha value is -2.89. The lowest BCUT2D eigenvalue weighted by molar-refractivity contribution is -0.161. The van der Waals surface area contributed by atoms with Crippen LogP contribution in [0.25, 0.3) is 0 Å². The second-order valence-electron chi connectivity index (χ2n) is 15.1. The molecule has 0 bridgehead atoms. The molecule has 0 spiro atoms. The molecule has 3 unspecified atom stereocenters. The van der Waals surface area contributed by atoms with Crippen molar-refractivity contribution in [3.8, 4) is 0 Å². The summed E-state index contributed by atoms with van der Waals surface area (Å²) in [6.07, 6.45) is 48.5. The normalized spacial score (nSPS) is 17.9. The van der Waals surface area contributed by atoms with Crippen LogP contribution in [0.4, 0.5) is 0 Å². The Kier molecular flexibility index (Phi) is 35.8. The lowest BCUT2D eigenvalue weighted by Gasteiger charge is -2.20. The van der Waals surface area contributed by atoms with Crippen molar-refractivity contribution in [1.29, 1.82) is 0 Å². The zero-order valence-electron chi connectivity index (χ0n) is 36.8. The Bertz CT molecular complexity index is 1340. The van der Waals surface area contributed by atoms with Crippen LogP contribution in [0.1, 0.15) is 155 Å². The molecule has 0 aromatic rings. The predicted molar refractivity (Wildman–Crippen MR) is 241 cm³/mol. The summed E-state index contributed by atoms with van der Waals surface area (Å²) >= 11 is 0. The molecule has 12 heteroatoms. The topological polar surface area (TPSA) is 161 Å². The van der Waals surface area contributed by atoms with Crippen molar-refractivity contribution in [2.24, 2.45) is 0 Å². The Morgan fingerprint density at radius 2 is 1.08 bits per heavy atom. The predicted octanol–water partition coefficient (Wildman–Crippen LogP) is 11.2. The van der Waals surface area contributed by atoms with E-state index in [4.69, 9.17) is 23.8 Å². The van der Waals surface area contributed by atoms with Gasteiger partial charge in [-0.15, -0.1) is 0 Å². The van der Waals surface area contributed by atoms with E-state index in [1.807, 2.05) is 0 Å². The van der Waals surface area contributed by atoms with Gasteiger partial charge in [-0.05, 0) is 96.3 Å². The van der Waals surface area contributed by atoms with Gasteiger partial charge in [0.15, 0.2) is 6.10 Å². The van der Waals surface area contributed by atoms with E-state index in [2.05, 4.69) is 103 Å². The molecule has 1 aliphatic rings. The molecular weight excluding hydrogens is 783 g/mol. The number of phosphoric acid groups is 1. The van der Waals surface area contributed by atoms with Crippen LogP contribution >= 0.6 is 7.82 Å². The molecule has 0 saturated carbocycles. The second kappa shape index (κ2) is 39.0. The summed E-state index contributed by atoms with van der Waals surface area (Å²) in [5.74, 6) is -1.05. The standard InChI is InChI=1S/C48H79O11P/c1-3-5-7-9-11-13-15-17-18-19-20-21-22-23-25-27-29-31-33-37-47(51)55-41-44(42-57-60(53,54)56-40-43(50)39-49)58-48(52)38-34-36-46-45(59-46)35-32-30-28-26-24-16-14-12-10-8-6-4-2/h11-14,17-18,20-21,23-26,30,32,43-46,49-50H,3-10,15-16,19,22,27-29,31,33-42H2,1-2H3,(H,53,54)/b13-11-,14-12-,18-17-,21-20-,25-23-,26-24-,32-30-/t43-,44+,45?,46?/m0/s1. The van der Waals surface area contributed by atoms with Crippen molar-refractivity contribution in [2.75, 3.05) is 26.4 Å². The van der Waals surface area contributed by atoms with Crippen molar-refractivity contribution < 1.29 is 52.5 Å². The molecule has 0 aromatic heterocycles. The number of hydrogen-bond acceptors (Lipinski definition) is 10. The van der Waals surface area contributed by atoms with E-state index < -0.39 is 51.8 Å². The van der Waals surface area contributed by atoms with E-state index in [0.717, 1.165) is 64.2 Å². The van der Waals surface area contributed by atoms with E-state index in [-0.39, 0.29) is 31.7 Å². The third kappa shape index (κ3) is 35.8. The number of ether oxygens (including phenoxy) is 3. The maximum Gasteiger partial charge on any atom is 0.472 e. The van der Waals surface area contributed by atoms with Gasteiger partial charge in [0.25, 0.3) is 0 Å². The zero-order chi connectivity index (χ0) is 43.8. The minimum Gasteiger partial charge on any atom is -0.462 e. The number of unbranched alkanes of at least 4 members (excludes halogenated alkanes) is 9. The Balaban J connectivity index is 2.33. The first kappa shape index (κ1) is 55.1. The molecule has 1 aliphatic heterocycles. The van der Waals surface area contributed by atoms with Gasteiger partial charge in [-0.1, -0.05) is 131 Å². The number of allylic oxidation sites excluding steroid dienone is 13. The first-order valence-electron chi connectivity index (χ1n) is 22.7. The molecule has 1 rings (SSSR count).